The minimum Gasteiger partial charge on any atom is -0.494 e. The van der Waals surface area contributed by atoms with Gasteiger partial charge in [-0.25, -0.2) is 18.2 Å². The van der Waals surface area contributed by atoms with E-state index < -0.39 is 16.0 Å². The van der Waals surface area contributed by atoms with Gasteiger partial charge < -0.3 is 14.7 Å². The van der Waals surface area contributed by atoms with Crippen LogP contribution in [-0.4, -0.2) is 45.2 Å². The molecule has 0 spiro atoms. The van der Waals surface area contributed by atoms with Gasteiger partial charge in [0.05, 0.1) is 23.4 Å². The summed E-state index contributed by atoms with van der Waals surface area (Å²) < 4.78 is 32.5. The molecule has 0 bridgehead atoms. The molecule has 0 amide bonds. The van der Waals surface area contributed by atoms with Crippen molar-refractivity contribution in [2.45, 2.75) is 11.8 Å². The minimum absolute atomic E-state index is 0.0320. The molecular weight excluding hydrogens is 346 g/mol. The number of benzene rings is 1. The lowest BCUT2D eigenvalue weighted by atomic mass is 10.2. The topological polar surface area (TPSA) is 109 Å². The quantitative estimate of drug-likeness (QED) is 0.773. The Hall–Kier alpha value is -2.81. The zero-order valence-corrected chi connectivity index (χ0v) is 14.9. The molecule has 1 aromatic heterocycles. The molecule has 1 aromatic carbocycles. The Morgan fingerprint density at radius 2 is 1.92 bits per heavy atom. The number of aromatic carboxylic acids is 1. The molecule has 0 unspecified atom stereocenters. The van der Waals surface area contributed by atoms with Crippen LogP contribution >= 0.6 is 0 Å². The van der Waals surface area contributed by atoms with Gasteiger partial charge in [-0.2, -0.15) is 0 Å². The highest BCUT2D eigenvalue weighted by Crippen LogP contribution is 2.23. The van der Waals surface area contributed by atoms with E-state index in [1.54, 1.807) is 26.2 Å². The van der Waals surface area contributed by atoms with Crippen LogP contribution in [0.5, 0.6) is 5.75 Å². The first-order valence-electron chi connectivity index (χ1n) is 7.41. The third-order valence-electron chi connectivity index (χ3n) is 3.22. The highest BCUT2D eigenvalue weighted by atomic mass is 32.2. The Labute approximate surface area is 146 Å². The average molecular weight is 365 g/mol. The summed E-state index contributed by atoms with van der Waals surface area (Å²) in [6.07, 6.45) is 1.27. The molecule has 0 aliphatic heterocycles. The fourth-order valence-corrected chi connectivity index (χ4v) is 3.16. The van der Waals surface area contributed by atoms with Gasteiger partial charge in [0, 0.05) is 14.1 Å². The normalized spacial score (nSPS) is 11.0. The predicted molar refractivity (Wildman–Crippen MR) is 93.9 cm³/mol. The molecule has 0 aliphatic carbocycles. The minimum atomic E-state index is -3.87. The number of rotatable bonds is 7. The highest BCUT2D eigenvalue weighted by Gasteiger charge is 2.18. The zero-order chi connectivity index (χ0) is 18.6. The maximum Gasteiger partial charge on any atom is 0.339 e. The Morgan fingerprint density at radius 1 is 1.28 bits per heavy atom. The van der Waals surface area contributed by atoms with Crippen LogP contribution in [0.4, 0.5) is 11.5 Å². The molecule has 0 radical (unpaired) electrons. The lowest BCUT2D eigenvalue weighted by Crippen LogP contribution is -2.18. The van der Waals surface area contributed by atoms with Crippen molar-refractivity contribution in [3.05, 3.63) is 42.1 Å². The van der Waals surface area contributed by atoms with Crippen LogP contribution in [0.2, 0.25) is 0 Å². The number of carboxylic acid groups (broad SMARTS) is 1. The maximum absolute atomic E-state index is 12.4. The lowest BCUT2D eigenvalue weighted by Gasteiger charge is -2.15. The van der Waals surface area contributed by atoms with Crippen LogP contribution in [0.1, 0.15) is 17.3 Å². The van der Waals surface area contributed by atoms with E-state index in [4.69, 9.17) is 4.74 Å². The summed E-state index contributed by atoms with van der Waals surface area (Å²) in [5, 5.41) is 9.28. The van der Waals surface area contributed by atoms with E-state index in [1.165, 1.54) is 29.3 Å². The second kappa shape index (κ2) is 7.39. The summed E-state index contributed by atoms with van der Waals surface area (Å²) in [5.74, 6) is -0.401. The number of aromatic nitrogens is 1. The number of carbonyl (C=O) groups is 1. The van der Waals surface area contributed by atoms with E-state index in [0.717, 1.165) is 0 Å². The van der Waals surface area contributed by atoms with Crippen molar-refractivity contribution >= 4 is 27.5 Å². The first-order chi connectivity index (χ1) is 11.7. The molecule has 2 aromatic rings. The number of nitrogens with one attached hydrogen (secondary N) is 1. The number of hydrogen-bond donors (Lipinski definition) is 2. The first kappa shape index (κ1) is 18.5. The summed E-state index contributed by atoms with van der Waals surface area (Å²) >= 11 is 0. The molecule has 2 rings (SSSR count). The summed E-state index contributed by atoms with van der Waals surface area (Å²) in [5.41, 5.74) is -0.0335. The van der Waals surface area contributed by atoms with Crippen LogP contribution in [-0.2, 0) is 10.0 Å². The lowest BCUT2D eigenvalue weighted by molar-refractivity contribution is 0.0697. The van der Waals surface area contributed by atoms with Crippen LogP contribution in [0.25, 0.3) is 0 Å². The predicted octanol–water partition coefficient (Wildman–Crippen LogP) is 2.05. The first-order valence-corrected chi connectivity index (χ1v) is 8.89. The molecule has 9 heteroatoms. The van der Waals surface area contributed by atoms with Crippen LogP contribution in [0.15, 0.2) is 41.4 Å². The van der Waals surface area contributed by atoms with Gasteiger partial charge in [-0.15, -0.1) is 0 Å². The van der Waals surface area contributed by atoms with Gasteiger partial charge >= 0.3 is 5.97 Å². The molecule has 8 nitrogen and oxygen atoms in total. The number of ether oxygens (including phenoxy) is 1. The van der Waals surface area contributed by atoms with Gasteiger partial charge in [0.1, 0.15) is 17.1 Å². The van der Waals surface area contributed by atoms with Crippen molar-refractivity contribution in [2.75, 3.05) is 30.3 Å². The Bertz CT molecular complexity index is 864. The SMILES string of the molecule is CCOc1ccc(S(=O)(=O)Nc2cnc(N(C)C)c(C(=O)O)c2)cc1. The molecule has 0 aliphatic rings. The standard InChI is InChI=1S/C16H19N3O5S/c1-4-24-12-5-7-13(8-6-12)25(22,23)18-11-9-14(16(20)21)15(17-10-11)19(2)3/h5-10,18H,4H2,1-3H3,(H,20,21). The van der Waals surface area contributed by atoms with Gasteiger partial charge in [-0.05, 0) is 37.3 Å². The van der Waals surface area contributed by atoms with Gasteiger partial charge in [0.25, 0.3) is 10.0 Å². The number of sulfonamides is 1. The number of nitrogens with zero attached hydrogens (tertiary/aromatic N) is 2. The summed E-state index contributed by atoms with van der Waals surface area (Å²) in [6, 6.07) is 7.15. The Kier molecular flexibility index (Phi) is 5.48. The molecule has 0 fully saturated rings. The smallest absolute Gasteiger partial charge is 0.339 e. The number of hydrogen-bond acceptors (Lipinski definition) is 6. The molecule has 0 atom stereocenters. The number of anilines is 2. The summed E-state index contributed by atoms with van der Waals surface area (Å²) in [4.78, 5) is 16.9. The third-order valence-corrected chi connectivity index (χ3v) is 4.62. The van der Waals surface area contributed by atoms with Crippen molar-refractivity contribution in [3.63, 3.8) is 0 Å². The summed E-state index contributed by atoms with van der Waals surface area (Å²) in [7, 11) is -0.570. The van der Waals surface area contributed by atoms with Crippen molar-refractivity contribution < 1.29 is 23.1 Å². The van der Waals surface area contributed by atoms with Gasteiger partial charge in [0.2, 0.25) is 0 Å². The van der Waals surface area contributed by atoms with Gasteiger partial charge in [-0.1, -0.05) is 0 Å². The van der Waals surface area contributed by atoms with E-state index in [9.17, 15) is 18.3 Å². The molecular formula is C16H19N3O5S. The number of carboxylic acids is 1. The molecule has 2 N–H and O–H groups in total. The molecule has 134 valence electrons. The van der Waals surface area contributed by atoms with E-state index in [2.05, 4.69) is 9.71 Å². The Balaban J connectivity index is 2.31. The highest BCUT2D eigenvalue weighted by molar-refractivity contribution is 7.92. The third kappa shape index (κ3) is 4.38. The van der Waals surface area contributed by atoms with Gasteiger partial charge in [0.15, 0.2) is 0 Å². The van der Waals surface area contributed by atoms with Crippen molar-refractivity contribution in [1.29, 1.82) is 0 Å². The van der Waals surface area contributed by atoms with Gasteiger partial charge in [-0.3, -0.25) is 4.72 Å². The monoisotopic (exact) mass is 365 g/mol. The van der Waals surface area contributed by atoms with Crippen LogP contribution in [0, 0.1) is 0 Å². The molecule has 25 heavy (non-hydrogen) atoms. The molecule has 0 saturated heterocycles. The van der Waals surface area contributed by atoms with E-state index in [-0.39, 0.29) is 22.0 Å². The largest absolute Gasteiger partial charge is 0.494 e. The fourth-order valence-electron chi connectivity index (χ4n) is 2.12. The van der Waals surface area contributed by atoms with Crippen LogP contribution in [0.3, 0.4) is 0 Å². The van der Waals surface area contributed by atoms with Crippen molar-refractivity contribution in [1.82, 2.24) is 4.98 Å². The fraction of sp³-hybridized carbons (Fsp3) is 0.250. The summed E-state index contributed by atoms with van der Waals surface area (Å²) in [6.45, 7) is 2.31. The van der Waals surface area contributed by atoms with Crippen molar-refractivity contribution in [3.8, 4) is 5.75 Å². The molecule has 1 heterocycles. The maximum atomic E-state index is 12.4. The average Bonchev–Trinajstić information content (AvgIpc) is 2.55. The van der Waals surface area contributed by atoms with E-state index in [0.29, 0.717) is 12.4 Å². The second-order valence-corrected chi connectivity index (χ2v) is 6.99. The zero-order valence-electron chi connectivity index (χ0n) is 14.1. The second-order valence-electron chi connectivity index (χ2n) is 5.30. The van der Waals surface area contributed by atoms with E-state index >= 15 is 0 Å². The Morgan fingerprint density at radius 3 is 2.44 bits per heavy atom. The van der Waals surface area contributed by atoms with Crippen molar-refractivity contribution in [2.24, 2.45) is 0 Å². The van der Waals surface area contributed by atoms with E-state index in [1.807, 2.05) is 6.92 Å². The molecule has 0 saturated carbocycles. The van der Waals surface area contributed by atoms with Crippen LogP contribution < -0.4 is 14.4 Å². The number of pyridine rings is 1.